The Bertz CT molecular complexity index is 147. The molecule has 0 aromatic carbocycles. The van der Waals surface area contributed by atoms with E-state index in [1.807, 2.05) is 0 Å². The fourth-order valence-electron chi connectivity index (χ4n) is 1.33. The topological polar surface area (TPSA) is 6.48 Å². The van der Waals surface area contributed by atoms with E-state index in [2.05, 4.69) is 23.8 Å². The zero-order valence-corrected chi connectivity index (χ0v) is 8.15. The van der Waals surface area contributed by atoms with Crippen LogP contribution in [0, 0.1) is 0 Å². The van der Waals surface area contributed by atoms with Crippen LogP contribution in [0.3, 0.4) is 0 Å². The fourth-order valence-corrected chi connectivity index (χ4v) is 1.74. The molecule has 0 saturated carbocycles. The number of rotatable bonds is 2. The lowest BCUT2D eigenvalue weighted by atomic mass is 10.3. The van der Waals surface area contributed by atoms with Crippen molar-refractivity contribution in [3.63, 3.8) is 0 Å². The number of hydrogen-bond donors (Lipinski definition) is 0. The monoisotopic (exact) mass is 172 g/mol. The Hall–Kier alpha value is -0.150. The van der Waals surface area contributed by atoms with Gasteiger partial charge in [0.25, 0.3) is 0 Å². The molecule has 0 aromatic rings. The molecule has 1 aliphatic heterocycles. The second kappa shape index (κ2) is 4.02. The van der Waals surface area contributed by atoms with Gasteiger partial charge in [-0.25, -0.2) is 0 Å². The second-order valence-corrected chi connectivity index (χ2v) is 3.59. The van der Waals surface area contributed by atoms with Gasteiger partial charge in [-0.1, -0.05) is 19.1 Å². The average molecular weight is 172 g/mol. The molecule has 0 bridgehead atoms. The van der Waals surface area contributed by atoms with Gasteiger partial charge in [0.05, 0.1) is 4.99 Å². The predicted molar refractivity (Wildman–Crippen MR) is 52.0 cm³/mol. The van der Waals surface area contributed by atoms with Crippen LogP contribution in [-0.4, -0.2) is 48.0 Å². The third-order valence-electron chi connectivity index (χ3n) is 2.00. The summed E-state index contributed by atoms with van der Waals surface area (Å²) < 4.78 is 0. The van der Waals surface area contributed by atoms with Gasteiger partial charge in [-0.15, -0.1) is 0 Å². The smallest absolute Gasteiger partial charge is 0.0922 e. The Morgan fingerprint density at radius 1 is 1.45 bits per heavy atom. The summed E-state index contributed by atoms with van der Waals surface area (Å²) in [6, 6.07) is 0. The molecule has 0 amide bonds. The molecule has 1 fully saturated rings. The van der Waals surface area contributed by atoms with E-state index in [9.17, 15) is 0 Å². The highest BCUT2D eigenvalue weighted by molar-refractivity contribution is 7.80. The molecule has 64 valence electrons. The first-order valence-corrected chi connectivity index (χ1v) is 4.61. The Morgan fingerprint density at radius 2 is 2.18 bits per heavy atom. The van der Waals surface area contributed by atoms with Crippen molar-refractivity contribution < 1.29 is 0 Å². The molecule has 0 unspecified atom stereocenters. The first-order chi connectivity index (χ1) is 5.24. The standard InChI is InChI=1S/C8H16N2S/c1-3-4-10-6-5-9(2)7-8(10)11/h3-7H2,1-2H3. The van der Waals surface area contributed by atoms with Crippen molar-refractivity contribution in [2.45, 2.75) is 13.3 Å². The summed E-state index contributed by atoms with van der Waals surface area (Å²) in [5.74, 6) is 0. The SMILES string of the molecule is CCCN1CCN(C)CC1=S. The van der Waals surface area contributed by atoms with Crippen molar-refractivity contribution in [1.82, 2.24) is 9.80 Å². The summed E-state index contributed by atoms with van der Waals surface area (Å²) in [5, 5.41) is 0. The van der Waals surface area contributed by atoms with Crippen LogP contribution in [0.25, 0.3) is 0 Å². The maximum absolute atomic E-state index is 5.25. The predicted octanol–water partition coefficient (Wildman–Crippen LogP) is 0.971. The summed E-state index contributed by atoms with van der Waals surface area (Å²) in [7, 11) is 2.12. The molecule has 2 nitrogen and oxygen atoms in total. The van der Waals surface area contributed by atoms with Gasteiger partial charge in [0, 0.05) is 26.2 Å². The number of likely N-dealkylation sites (N-methyl/N-ethyl adjacent to an activating group) is 1. The average Bonchev–Trinajstić information content (AvgIpc) is 1.95. The van der Waals surface area contributed by atoms with E-state index in [0.29, 0.717) is 0 Å². The summed E-state index contributed by atoms with van der Waals surface area (Å²) in [5.41, 5.74) is 0. The molecular weight excluding hydrogens is 156 g/mol. The van der Waals surface area contributed by atoms with E-state index in [-0.39, 0.29) is 0 Å². The second-order valence-electron chi connectivity index (χ2n) is 3.12. The molecule has 1 saturated heterocycles. The van der Waals surface area contributed by atoms with E-state index in [0.717, 1.165) is 31.2 Å². The van der Waals surface area contributed by atoms with E-state index in [4.69, 9.17) is 12.2 Å². The van der Waals surface area contributed by atoms with Gasteiger partial charge in [0.15, 0.2) is 0 Å². The van der Waals surface area contributed by atoms with Crippen LogP contribution < -0.4 is 0 Å². The minimum atomic E-state index is 0.968. The highest BCUT2D eigenvalue weighted by Crippen LogP contribution is 2.03. The van der Waals surface area contributed by atoms with Gasteiger partial charge in [0.2, 0.25) is 0 Å². The molecule has 0 aliphatic carbocycles. The largest absolute Gasteiger partial charge is 0.364 e. The molecule has 3 heteroatoms. The molecule has 0 N–H and O–H groups in total. The Labute approximate surface area is 74.2 Å². The van der Waals surface area contributed by atoms with Crippen LogP contribution in [0.1, 0.15) is 13.3 Å². The van der Waals surface area contributed by atoms with Crippen LogP contribution in [0.15, 0.2) is 0 Å². The third kappa shape index (κ3) is 2.42. The molecule has 11 heavy (non-hydrogen) atoms. The number of hydrogen-bond acceptors (Lipinski definition) is 2. The highest BCUT2D eigenvalue weighted by Gasteiger charge is 2.16. The minimum Gasteiger partial charge on any atom is -0.364 e. The number of nitrogens with zero attached hydrogens (tertiary/aromatic N) is 2. The highest BCUT2D eigenvalue weighted by atomic mass is 32.1. The quantitative estimate of drug-likeness (QED) is 0.573. The molecule has 0 atom stereocenters. The molecule has 0 aromatic heterocycles. The van der Waals surface area contributed by atoms with Crippen molar-refractivity contribution in [1.29, 1.82) is 0 Å². The Morgan fingerprint density at radius 3 is 2.73 bits per heavy atom. The Balaban J connectivity index is 2.38. The minimum absolute atomic E-state index is 0.968. The maximum atomic E-state index is 5.25. The van der Waals surface area contributed by atoms with Crippen molar-refractivity contribution in [3.8, 4) is 0 Å². The summed E-state index contributed by atoms with van der Waals surface area (Å²) in [4.78, 5) is 5.70. The van der Waals surface area contributed by atoms with E-state index in [1.165, 1.54) is 6.42 Å². The van der Waals surface area contributed by atoms with Gasteiger partial charge in [-0.2, -0.15) is 0 Å². The first kappa shape index (κ1) is 8.94. The zero-order chi connectivity index (χ0) is 8.27. The van der Waals surface area contributed by atoms with Crippen LogP contribution in [-0.2, 0) is 0 Å². The van der Waals surface area contributed by atoms with Crippen LogP contribution in [0.5, 0.6) is 0 Å². The molecule has 1 aliphatic rings. The van der Waals surface area contributed by atoms with Crippen molar-refractivity contribution in [2.75, 3.05) is 33.2 Å². The zero-order valence-electron chi connectivity index (χ0n) is 7.34. The normalized spacial score (nSPS) is 20.9. The number of piperazine rings is 1. The molecule has 1 rings (SSSR count). The lowest BCUT2D eigenvalue weighted by Crippen LogP contribution is -2.47. The number of thiocarbonyl (C=S) groups is 1. The van der Waals surface area contributed by atoms with Crippen LogP contribution >= 0.6 is 12.2 Å². The summed E-state index contributed by atoms with van der Waals surface area (Å²) >= 11 is 5.25. The lowest BCUT2D eigenvalue weighted by molar-refractivity contribution is 0.270. The molecule has 0 spiro atoms. The van der Waals surface area contributed by atoms with Gasteiger partial charge in [-0.05, 0) is 13.5 Å². The van der Waals surface area contributed by atoms with Gasteiger partial charge >= 0.3 is 0 Å². The van der Waals surface area contributed by atoms with E-state index >= 15 is 0 Å². The van der Waals surface area contributed by atoms with Gasteiger partial charge in [-0.3, -0.25) is 4.90 Å². The van der Waals surface area contributed by atoms with Crippen molar-refractivity contribution in [2.24, 2.45) is 0 Å². The van der Waals surface area contributed by atoms with E-state index < -0.39 is 0 Å². The lowest BCUT2D eigenvalue weighted by Gasteiger charge is -2.34. The summed E-state index contributed by atoms with van der Waals surface area (Å²) in [6.45, 7) is 6.56. The van der Waals surface area contributed by atoms with Crippen LogP contribution in [0.4, 0.5) is 0 Å². The molecule has 1 heterocycles. The van der Waals surface area contributed by atoms with E-state index in [1.54, 1.807) is 0 Å². The van der Waals surface area contributed by atoms with Gasteiger partial charge < -0.3 is 4.90 Å². The van der Waals surface area contributed by atoms with Crippen molar-refractivity contribution in [3.05, 3.63) is 0 Å². The fraction of sp³-hybridized carbons (Fsp3) is 0.875. The third-order valence-corrected chi connectivity index (χ3v) is 2.39. The maximum Gasteiger partial charge on any atom is 0.0922 e. The summed E-state index contributed by atoms with van der Waals surface area (Å²) in [6.07, 6.45) is 1.20. The molecular formula is C8H16N2S. The van der Waals surface area contributed by atoms with Crippen molar-refractivity contribution >= 4 is 17.2 Å². The van der Waals surface area contributed by atoms with Gasteiger partial charge in [0.1, 0.15) is 0 Å². The first-order valence-electron chi connectivity index (χ1n) is 4.20. The molecule has 0 radical (unpaired) electrons. The Kier molecular flexibility index (Phi) is 3.27. The van der Waals surface area contributed by atoms with Crippen LogP contribution in [0.2, 0.25) is 0 Å².